The van der Waals surface area contributed by atoms with Gasteiger partial charge >= 0.3 is 0 Å². The summed E-state index contributed by atoms with van der Waals surface area (Å²) in [6.07, 6.45) is 3.64. The fourth-order valence-corrected chi connectivity index (χ4v) is 2.80. The molecule has 2 rings (SSSR count). The van der Waals surface area contributed by atoms with Crippen molar-refractivity contribution in [3.8, 4) is 0 Å². The average Bonchev–Trinajstić information content (AvgIpc) is 2.72. The summed E-state index contributed by atoms with van der Waals surface area (Å²) in [7, 11) is 0. The Balaban J connectivity index is 1.90. The number of nitrogens with zero attached hydrogens (tertiary/aromatic N) is 2. The van der Waals surface area contributed by atoms with Crippen LogP contribution >= 0.6 is 11.3 Å². The molecular formula is C12H20N4OS. The summed E-state index contributed by atoms with van der Waals surface area (Å²) in [5.74, 6) is 0.138. The third-order valence-corrected chi connectivity index (χ3v) is 3.91. The van der Waals surface area contributed by atoms with Crippen LogP contribution in [-0.2, 0) is 11.3 Å². The molecule has 1 aliphatic heterocycles. The van der Waals surface area contributed by atoms with E-state index in [1.54, 1.807) is 11.3 Å². The molecular weight excluding hydrogens is 248 g/mol. The third-order valence-electron chi connectivity index (χ3n) is 2.85. The fraction of sp³-hybridized carbons (Fsp3) is 0.667. The first-order valence-electron chi connectivity index (χ1n) is 6.46. The molecule has 6 heteroatoms. The molecule has 0 aromatic carbocycles. The number of hydrogen-bond donors (Lipinski definition) is 2. The van der Waals surface area contributed by atoms with Crippen molar-refractivity contribution in [1.82, 2.24) is 15.6 Å². The van der Waals surface area contributed by atoms with E-state index in [1.807, 2.05) is 6.20 Å². The van der Waals surface area contributed by atoms with Crippen LogP contribution in [0.3, 0.4) is 0 Å². The van der Waals surface area contributed by atoms with Crippen molar-refractivity contribution in [3.63, 3.8) is 0 Å². The van der Waals surface area contributed by atoms with E-state index in [1.165, 1.54) is 4.88 Å². The number of rotatable bonds is 5. The van der Waals surface area contributed by atoms with E-state index in [2.05, 4.69) is 27.4 Å². The van der Waals surface area contributed by atoms with Gasteiger partial charge in [0, 0.05) is 43.7 Å². The van der Waals surface area contributed by atoms with Gasteiger partial charge in [-0.1, -0.05) is 6.92 Å². The highest BCUT2D eigenvalue weighted by atomic mass is 32.1. The lowest BCUT2D eigenvalue weighted by atomic mass is 10.4. The van der Waals surface area contributed by atoms with Crippen LogP contribution in [0.25, 0.3) is 0 Å². The predicted molar refractivity (Wildman–Crippen MR) is 74.0 cm³/mol. The largest absolute Gasteiger partial charge is 0.354 e. The maximum atomic E-state index is 11.3. The standard InChI is InChI=1S/C12H20N4OS/c1-2-4-13-8-10-9-15-12(18-10)16-6-3-11(17)14-5-7-16/h9,13H,2-8H2,1H3,(H,14,17). The smallest absolute Gasteiger partial charge is 0.221 e. The Morgan fingerprint density at radius 1 is 1.56 bits per heavy atom. The summed E-state index contributed by atoms with van der Waals surface area (Å²) in [4.78, 5) is 19.2. The molecule has 0 saturated carbocycles. The van der Waals surface area contributed by atoms with Gasteiger partial charge in [-0.05, 0) is 13.0 Å². The Hall–Kier alpha value is -1.14. The molecule has 2 heterocycles. The predicted octanol–water partition coefficient (Wildman–Crippen LogP) is 0.969. The molecule has 0 bridgehead atoms. The summed E-state index contributed by atoms with van der Waals surface area (Å²) in [6.45, 7) is 6.41. The van der Waals surface area contributed by atoms with E-state index in [9.17, 15) is 4.79 Å². The highest BCUT2D eigenvalue weighted by molar-refractivity contribution is 7.15. The lowest BCUT2D eigenvalue weighted by Crippen LogP contribution is -2.28. The van der Waals surface area contributed by atoms with Crippen molar-refractivity contribution in [1.29, 1.82) is 0 Å². The van der Waals surface area contributed by atoms with Gasteiger partial charge in [-0.2, -0.15) is 0 Å². The Kier molecular flexibility index (Phi) is 4.95. The Morgan fingerprint density at radius 2 is 2.44 bits per heavy atom. The number of carbonyl (C=O) groups excluding carboxylic acids is 1. The molecule has 1 aliphatic rings. The molecule has 1 aromatic heterocycles. The summed E-state index contributed by atoms with van der Waals surface area (Å²) in [6, 6.07) is 0. The summed E-state index contributed by atoms with van der Waals surface area (Å²) >= 11 is 1.71. The van der Waals surface area contributed by atoms with Crippen LogP contribution in [-0.4, -0.2) is 37.1 Å². The zero-order valence-electron chi connectivity index (χ0n) is 10.7. The normalized spacial score (nSPS) is 16.5. The van der Waals surface area contributed by atoms with Gasteiger partial charge in [-0.15, -0.1) is 11.3 Å². The van der Waals surface area contributed by atoms with Crippen molar-refractivity contribution >= 4 is 22.4 Å². The topological polar surface area (TPSA) is 57.3 Å². The van der Waals surface area contributed by atoms with Crippen LogP contribution < -0.4 is 15.5 Å². The lowest BCUT2D eigenvalue weighted by Gasteiger charge is -2.17. The molecule has 0 radical (unpaired) electrons. The van der Waals surface area contributed by atoms with Gasteiger partial charge in [-0.25, -0.2) is 4.98 Å². The summed E-state index contributed by atoms with van der Waals surface area (Å²) in [5, 5.41) is 7.28. The van der Waals surface area contributed by atoms with Crippen LogP contribution in [0.2, 0.25) is 0 Å². The van der Waals surface area contributed by atoms with Gasteiger partial charge in [0.25, 0.3) is 0 Å². The van der Waals surface area contributed by atoms with Gasteiger partial charge in [-0.3, -0.25) is 4.79 Å². The van der Waals surface area contributed by atoms with E-state index >= 15 is 0 Å². The monoisotopic (exact) mass is 268 g/mol. The second kappa shape index (κ2) is 6.70. The van der Waals surface area contributed by atoms with Crippen molar-refractivity contribution in [2.45, 2.75) is 26.3 Å². The van der Waals surface area contributed by atoms with Gasteiger partial charge in [0.1, 0.15) is 0 Å². The molecule has 0 aliphatic carbocycles. The number of carbonyl (C=O) groups is 1. The number of aromatic nitrogens is 1. The number of anilines is 1. The third kappa shape index (κ3) is 3.68. The minimum absolute atomic E-state index is 0.138. The molecule has 1 saturated heterocycles. The molecule has 18 heavy (non-hydrogen) atoms. The van der Waals surface area contributed by atoms with Crippen LogP contribution in [0.4, 0.5) is 5.13 Å². The second-order valence-corrected chi connectivity index (χ2v) is 5.47. The van der Waals surface area contributed by atoms with Crippen LogP contribution in [0.15, 0.2) is 6.20 Å². The zero-order valence-corrected chi connectivity index (χ0v) is 11.6. The van der Waals surface area contributed by atoms with Gasteiger partial charge in [0.15, 0.2) is 5.13 Å². The van der Waals surface area contributed by atoms with E-state index < -0.39 is 0 Å². The molecule has 1 amide bonds. The maximum Gasteiger partial charge on any atom is 0.221 e. The molecule has 1 fully saturated rings. The first kappa shape index (κ1) is 13.3. The number of hydrogen-bond acceptors (Lipinski definition) is 5. The minimum Gasteiger partial charge on any atom is -0.354 e. The van der Waals surface area contributed by atoms with Gasteiger partial charge < -0.3 is 15.5 Å². The second-order valence-electron chi connectivity index (χ2n) is 4.37. The lowest BCUT2D eigenvalue weighted by molar-refractivity contribution is -0.120. The number of nitrogens with one attached hydrogen (secondary N) is 2. The Morgan fingerprint density at radius 3 is 3.28 bits per heavy atom. The zero-order chi connectivity index (χ0) is 12.8. The van der Waals surface area contributed by atoms with Crippen molar-refractivity contribution in [2.24, 2.45) is 0 Å². The molecule has 0 atom stereocenters. The first-order valence-corrected chi connectivity index (χ1v) is 7.28. The number of thiazole rings is 1. The van der Waals surface area contributed by atoms with Crippen LogP contribution in [0.5, 0.6) is 0 Å². The molecule has 1 aromatic rings. The quantitative estimate of drug-likeness (QED) is 0.781. The molecule has 5 nitrogen and oxygen atoms in total. The molecule has 100 valence electrons. The first-order chi connectivity index (χ1) is 8.79. The molecule has 2 N–H and O–H groups in total. The van der Waals surface area contributed by atoms with Crippen molar-refractivity contribution in [3.05, 3.63) is 11.1 Å². The molecule has 0 unspecified atom stereocenters. The van der Waals surface area contributed by atoms with E-state index in [0.29, 0.717) is 13.0 Å². The Labute approximate surface area is 112 Å². The van der Waals surface area contributed by atoms with Crippen molar-refractivity contribution in [2.75, 3.05) is 31.1 Å². The van der Waals surface area contributed by atoms with Crippen LogP contribution in [0, 0.1) is 0 Å². The van der Waals surface area contributed by atoms with Crippen LogP contribution in [0.1, 0.15) is 24.6 Å². The van der Waals surface area contributed by atoms with Gasteiger partial charge in [0.05, 0.1) is 0 Å². The van der Waals surface area contributed by atoms with E-state index in [4.69, 9.17) is 0 Å². The van der Waals surface area contributed by atoms with E-state index in [-0.39, 0.29) is 5.91 Å². The van der Waals surface area contributed by atoms with Crippen molar-refractivity contribution < 1.29 is 4.79 Å². The highest BCUT2D eigenvalue weighted by Gasteiger charge is 2.16. The summed E-state index contributed by atoms with van der Waals surface area (Å²) < 4.78 is 0. The highest BCUT2D eigenvalue weighted by Crippen LogP contribution is 2.22. The summed E-state index contributed by atoms with van der Waals surface area (Å²) in [5.41, 5.74) is 0. The maximum absolute atomic E-state index is 11.3. The Bertz CT molecular complexity index is 393. The minimum atomic E-state index is 0.138. The molecule has 0 spiro atoms. The van der Waals surface area contributed by atoms with Gasteiger partial charge in [0.2, 0.25) is 5.91 Å². The van der Waals surface area contributed by atoms with E-state index in [0.717, 1.165) is 37.7 Å². The average molecular weight is 268 g/mol. The number of amides is 1. The SMILES string of the molecule is CCCNCc1cnc(N2CCNC(=O)CC2)s1. The fourth-order valence-electron chi connectivity index (χ4n) is 1.87.